The lowest BCUT2D eigenvalue weighted by molar-refractivity contribution is 0.598. The Morgan fingerprint density at radius 3 is 1.02 bits per heavy atom. The molecule has 7 heteroatoms. The number of furan rings is 1. The second-order valence-corrected chi connectivity index (χ2v) is 17.5. The fourth-order valence-corrected chi connectivity index (χ4v) is 11.9. The highest BCUT2D eigenvalue weighted by Crippen LogP contribution is 2.63. The predicted molar refractivity (Wildman–Crippen MR) is 271 cm³/mol. The molecule has 9 aromatic carbocycles. The monoisotopic (exact) mass is 826 g/mol. The Hall–Kier alpha value is -8.41. The number of benzene rings is 9. The molecular formula is C58H36B2N4O. The summed E-state index contributed by atoms with van der Waals surface area (Å²) in [5.41, 5.74) is 23.7. The SMILES string of the molecule is c1ccc(-c2oc(-c3ccccc3)c3c2N2c4cccc5c4B(c4ccccc4N5c4ccccc4)c4ccc5c(c42)N3c2cccc3c2B5c2ccccc2N3c2ccccc2)cc1. The number of nitrogens with zero attached hydrogens (tertiary/aromatic N) is 4. The van der Waals surface area contributed by atoms with Gasteiger partial charge in [-0.3, -0.25) is 0 Å². The highest BCUT2D eigenvalue weighted by molar-refractivity contribution is 7.02. The molecule has 0 atom stereocenters. The van der Waals surface area contributed by atoms with Gasteiger partial charge in [0.05, 0.1) is 11.4 Å². The lowest BCUT2D eigenvalue weighted by Crippen LogP contribution is -2.65. The van der Waals surface area contributed by atoms with Crippen molar-refractivity contribution in [2.24, 2.45) is 0 Å². The van der Waals surface area contributed by atoms with Crippen molar-refractivity contribution in [2.45, 2.75) is 0 Å². The lowest BCUT2D eigenvalue weighted by Gasteiger charge is -2.51. The van der Waals surface area contributed by atoms with Crippen LogP contribution in [0, 0.1) is 0 Å². The molecule has 0 N–H and O–H groups in total. The first-order chi connectivity index (χ1) is 32.3. The van der Waals surface area contributed by atoms with Gasteiger partial charge in [-0.1, -0.05) is 158 Å². The van der Waals surface area contributed by atoms with E-state index >= 15 is 0 Å². The topological polar surface area (TPSA) is 26.1 Å². The first-order valence-electron chi connectivity index (χ1n) is 22.5. The van der Waals surface area contributed by atoms with E-state index in [0.717, 1.165) is 45.4 Å². The van der Waals surface area contributed by atoms with Crippen LogP contribution in [-0.4, -0.2) is 13.4 Å². The fraction of sp³-hybridized carbons (Fsp3) is 0. The number of fused-ring (bicyclic) bond motifs is 11. The van der Waals surface area contributed by atoms with E-state index < -0.39 is 0 Å². The minimum absolute atomic E-state index is 0.0158. The van der Waals surface area contributed by atoms with E-state index in [1.807, 2.05) is 0 Å². The van der Waals surface area contributed by atoms with Crippen LogP contribution >= 0.6 is 0 Å². The smallest absolute Gasteiger partial charge is 0.252 e. The number of para-hydroxylation sites is 4. The first kappa shape index (κ1) is 35.1. The average molecular weight is 827 g/mol. The van der Waals surface area contributed by atoms with Crippen LogP contribution in [0.25, 0.3) is 22.6 Å². The standard InChI is InChI=1S/C58H36B2N4O/c1-5-19-37(20-6-1)57-55-56(58(65-57)38-21-7-2-8-22-38)64-50-34-18-32-48-52(50)60(42-28-14-16-30-46(42)62(48)40-25-11-4-12-26-40)44-36-35-43-53(54(44)64)63(55)49-33-17-31-47-51(49)59(43)41-27-13-15-29-45(41)61(47)39-23-9-3-10-24-39/h1-36H. The average Bonchev–Trinajstić information content (AvgIpc) is 3.78. The van der Waals surface area contributed by atoms with Crippen molar-refractivity contribution in [3.8, 4) is 22.6 Å². The van der Waals surface area contributed by atoms with Gasteiger partial charge < -0.3 is 24.0 Å². The molecule has 5 aliphatic rings. The van der Waals surface area contributed by atoms with Gasteiger partial charge in [-0.15, -0.1) is 0 Å². The summed E-state index contributed by atoms with van der Waals surface area (Å²) in [5, 5.41) is 0. The second-order valence-electron chi connectivity index (χ2n) is 17.5. The molecule has 0 unspecified atom stereocenters. The maximum absolute atomic E-state index is 7.48. The zero-order valence-corrected chi connectivity index (χ0v) is 35.1. The highest BCUT2D eigenvalue weighted by Gasteiger charge is 2.53. The van der Waals surface area contributed by atoms with Crippen molar-refractivity contribution in [1.29, 1.82) is 0 Å². The van der Waals surface area contributed by atoms with Crippen LogP contribution in [-0.2, 0) is 0 Å². The van der Waals surface area contributed by atoms with Crippen LogP contribution in [0.15, 0.2) is 223 Å². The molecule has 0 spiro atoms. The summed E-state index contributed by atoms with van der Waals surface area (Å²) in [4.78, 5) is 10.1. The second kappa shape index (κ2) is 13.1. The van der Waals surface area contributed by atoms with Crippen LogP contribution < -0.4 is 52.4 Å². The number of anilines is 12. The van der Waals surface area contributed by atoms with Crippen molar-refractivity contribution < 1.29 is 4.42 Å². The predicted octanol–water partition coefficient (Wildman–Crippen LogP) is 11.1. The maximum atomic E-state index is 7.48. The summed E-state index contributed by atoms with van der Waals surface area (Å²) in [6, 6.07) is 79.9. The molecule has 0 bridgehead atoms. The molecule has 10 aromatic rings. The molecule has 0 fully saturated rings. The van der Waals surface area contributed by atoms with Gasteiger partial charge in [-0.05, 0) is 93.4 Å². The van der Waals surface area contributed by atoms with Crippen LogP contribution in [0.1, 0.15) is 0 Å². The fourth-order valence-electron chi connectivity index (χ4n) is 11.9. The van der Waals surface area contributed by atoms with E-state index in [1.54, 1.807) is 0 Å². The quantitative estimate of drug-likeness (QED) is 0.165. The zero-order valence-electron chi connectivity index (χ0n) is 35.1. The summed E-state index contributed by atoms with van der Waals surface area (Å²) >= 11 is 0. The molecule has 5 nitrogen and oxygen atoms in total. The van der Waals surface area contributed by atoms with Gasteiger partial charge in [0.2, 0.25) is 0 Å². The van der Waals surface area contributed by atoms with Gasteiger partial charge >= 0.3 is 0 Å². The molecule has 300 valence electrons. The molecular weight excluding hydrogens is 790 g/mol. The highest BCUT2D eigenvalue weighted by atomic mass is 16.3. The Bertz CT molecular complexity index is 3360. The van der Waals surface area contributed by atoms with E-state index in [0.29, 0.717) is 0 Å². The normalized spacial score (nSPS) is 14.0. The van der Waals surface area contributed by atoms with E-state index in [4.69, 9.17) is 4.42 Å². The van der Waals surface area contributed by atoms with Crippen molar-refractivity contribution in [2.75, 3.05) is 19.6 Å². The van der Waals surface area contributed by atoms with Gasteiger partial charge in [0, 0.05) is 56.6 Å². The summed E-state index contributed by atoms with van der Waals surface area (Å²) in [6.07, 6.45) is 0. The van der Waals surface area contributed by atoms with Crippen molar-refractivity contribution in [3.05, 3.63) is 218 Å². The van der Waals surface area contributed by atoms with Crippen LogP contribution in [0.4, 0.5) is 68.2 Å². The van der Waals surface area contributed by atoms with Gasteiger partial charge in [0.15, 0.2) is 11.5 Å². The minimum Gasteiger partial charge on any atom is -0.452 e. The molecule has 0 saturated heterocycles. The van der Waals surface area contributed by atoms with Crippen molar-refractivity contribution in [3.63, 3.8) is 0 Å². The molecule has 1 aromatic heterocycles. The maximum Gasteiger partial charge on any atom is 0.252 e. The van der Waals surface area contributed by atoms with Crippen molar-refractivity contribution >= 4 is 114 Å². The van der Waals surface area contributed by atoms with E-state index in [-0.39, 0.29) is 13.4 Å². The Morgan fingerprint density at radius 1 is 0.262 bits per heavy atom. The summed E-state index contributed by atoms with van der Waals surface area (Å²) in [7, 11) is 0. The summed E-state index contributed by atoms with van der Waals surface area (Å²) < 4.78 is 7.48. The molecule has 0 aliphatic carbocycles. The third kappa shape index (κ3) is 4.59. The largest absolute Gasteiger partial charge is 0.452 e. The number of rotatable bonds is 4. The van der Waals surface area contributed by atoms with E-state index in [1.165, 1.54) is 78.3 Å². The first-order valence-corrected chi connectivity index (χ1v) is 22.5. The van der Waals surface area contributed by atoms with Gasteiger partial charge in [0.25, 0.3) is 13.4 Å². The van der Waals surface area contributed by atoms with Crippen molar-refractivity contribution in [1.82, 2.24) is 0 Å². The summed E-state index contributed by atoms with van der Waals surface area (Å²) in [6.45, 7) is -0.0316. The lowest BCUT2D eigenvalue weighted by atomic mass is 9.31. The van der Waals surface area contributed by atoms with Gasteiger partial charge in [-0.2, -0.15) is 0 Å². The molecule has 65 heavy (non-hydrogen) atoms. The zero-order chi connectivity index (χ0) is 42.3. The third-order valence-electron chi connectivity index (χ3n) is 14.3. The van der Waals surface area contributed by atoms with Gasteiger partial charge in [-0.25, -0.2) is 0 Å². The Labute approximate surface area is 377 Å². The number of hydrogen-bond donors (Lipinski definition) is 0. The molecule has 15 rings (SSSR count). The third-order valence-corrected chi connectivity index (χ3v) is 14.3. The molecule has 0 saturated carbocycles. The van der Waals surface area contributed by atoms with Gasteiger partial charge in [0.1, 0.15) is 11.4 Å². The molecule has 6 heterocycles. The molecule has 5 aliphatic heterocycles. The molecule has 0 amide bonds. The Morgan fingerprint density at radius 2 is 0.600 bits per heavy atom. The number of hydrogen-bond acceptors (Lipinski definition) is 5. The Kier molecular flexibility index (Phi) is 7.06. The van der Waals surface area contributed by atoms with Crippen LogP contribution in [0.3, 0.4) is 0 Å². The van der Waals surface area contributed by atoms with E-state index in [9.17, 15) is 0 Å². The minimum atomic E-state index is -0.0158. The van der Waals surface area contributed by atoms with E-state index in [2.05, 4.69) is 238 Å². The molecule has 0 radical (unpaired) electrons. The Balaban J connectivity index is 1.10. The van der Waals surface area contributed by atoms with Crippen LogP contribution in [0.5, 0.6) is 0 Å². The van der Waals surface area contributed by atoms with Crippen LogP contribution in [0.2, 0.25) is 0 Å². The summed E-state index contributed by atoms with van der Waals surface area (Å²) in [5.74, 6) is 1.69.